The summed E-state index contributed by atoms with van der Waals surface area (Å²) >= 11 is 0. The minimum Gasteiger partial charge on any atom is -0.408 e. The average molecular weight is 260 g/mol. The third-order valence-electron chi connectivity index (χ3n) is 3.52. The van der Waals surface area contributed by atoms with Crippen molar-refractivity contribution >= 4 is 17.0 Å². The van der Waals surface area contributed by atoms with Crippen molar-refractivity contribution in [1.82, 2.24) is 9.88 Å². The standard InChI is InChI=1S/C14H16N2O3/c1-16-11-5-2-9(8-12(11)19-14(16)18)6-7-15-13(17)10-3-4-10/h2,5,8,10H,3-4,6-7H2,1H3,(H,15,17). The van der Waals surface area contributed by atoms with E-state index < -0.39 is 0 Å². The quantitative estimate of drug-likeness (QED) is 0.898. The molecule has 2 aromatic rings. The Morgan fingerprint density at radius 1 is 1.47 bits per heavy atom. The van der Waals surface area contributed by atoms with Crippen LogP contribution >= 0.6 is 0 Å². The number of hydrogen-bond acceptors (Lipinski definition) is 3. The van der Waals surface area contributed by atoms with Gasteiger partial charge in [0.1, 0.15) is 0 Å². The average Bonchev–Trinajstić information content (AvgIpc) is 3.18. The van der Waals surface area contributed by atoms with Crippen molar-refractivity contribution < 1.29 is 9.21 Å². The highest BCUT2D eigenvalue weighted by Crippen LogP contribution is 2.28. The number of fused-ring (bicyclic) bond motifs is 1. The molecular formula is C14H16N2O3. The van der Waals surface area contributed by atoms with Crippen LogP contribution < -0.4 is 11.1 Å². The molecule has 5 nitrogen and oxygen atoms in total. The Hall–Kier alpha value is -2.04. The van der Waals surface area contributed by atoms with Crippen LogP contribution in [0.25, 0.3) is 11.1 Å². The number of benzene rings is 1. The second-order valence-corrected chi connectivity index (χ2v) is 5.04. The lowest BCUT2D eigenvalue weighted by Crippen LogP contribution is -2.26. The third kappa shape index (κ3) is 2.41. The molecule has 5 heteroatoms. The molecule has 0 bridgehead atoms. The van der Waals surface area contributed by atoms with Gasteiger partial charge in [0.15, 0.2) is 5.58 Å². The van der Waals surface area contributed by atoms with Gasteiger partial charge in [-0.3, -0.25) is 9.36 Å². The summed E-state index contributed by atoms with van der Waals surface area (Å²) in [5, 5.41) is 2.92. The van der Waals surface area contributed by atoms with Gasteiger partial charge in [0.25, 0.3) is 0 Å². The SMILES string of the molecule is Cn1c(=O)oc2cc(CCNC(=O)C3CC3)ccc21. The summed E-state index contributed by atoms with van der Waals surface area (Å²) in [7, 11) is 1.68. The normalized spacial score (nSPS) is 14.8. The number of amides is 1. The first-order valence-electron chi connectivity index (χ1n) is 6.51. The monoisotopic (exact) mass is 260 g/mol. The lowest BCUT2D eigenvalue weighted by Gasteiger charge is -2.04. The van der Waals surface area contributed by atoms with Crippen molar-refractivity contribution in [3.05, 3.63) is 34.3 Å². The zero-order valence-electron chi connectivity index (χ0n) is 10.8. The maximum Gasteiger partial charge on any atom is 0.419 e. The number of rotatable bonds is 4. The van der Waals surface area contributed by atoms with Gasteiger partial charge in [0, 0.05) is 19.5 Å². The van der Waals surface area contributed by atoms with Crippen LogP contribution in [0.4, 0.5) is 0 Å². The molecule has 19 heavy (non-hydrogen) atoms. The molecule has 1 amide bonds. The van der Waals surface area contributed by atoms with Gasteiger partial charge in [-0.2, -0.15) is 0 Å². The van der Waals surface area contributed by atoms with E-state index in [2.05, 4.69) is 5.32 Å². The fourth-order valence-electron chi connectivity index (χ4n) is 2.15. The fourth-order valence-corrected chi connectivity index (χ4v) is 2.15. The van der Waals surface area contributed by atoms with E-state index in [1.54, 1.807) is 7.05 Å². The second-order valence-electron chi connectivity index (χ2n) is 5.04. The van der Waals surface area contributed by atoms with Crippen LogP contribution in [0, 0.1) is 5.92 Å². The van der Waals surface area contributed by atoms with Crippen LogP contribution in [0.2, 0.25) is 0 Å². The van der Waals surface area contributed by atoms with Gasteiger partial charge in [0.05, 0.1) is 5.52 Å². The molecule has 1 aliphatic carbocycles. The number of hydrogen-bond donors (Lipinski definition) is 1. The molecular weight excluding hydrogens is 244 g/mol. The highest BCUT2D eigenvalue weighted by Gasteiger charge is 2.28. The zero-order valence-corrected chi connectivity index (χ0v) is 10.8. The highest BCUT2D eigenvalue weighted by molar-refractivity contribution is 5.80. The molecule has 0 saturated heterocycles. The number of nitrogens with one attached hydrogen (secondary N) is 1. The summed E-state index contributed by atoms with van der Waals surface area (Å²) in [6.45, 7) is 0.623. The Morgan fingerprint density at radius 2 is 2.26 bits per heavy atom. The van der Waals surface area contributed by atoms with E-state index in [-0.39, 0.29) is 17.6 Å². The van der Waals surface area contributed by atoms with Crippen LogP contribution in [-0.4, -0.2) is 17.0 Å². The first-order chi connectivity index (χ1) is 9.15. The van der Waals surface area contributed by atoms with E-state index in [4.69, 9.17) is 4.42 Å². The zero-order chi connectivity index (χ0) is 13.4. The molecule has 1 aliphatic rings. The lowest BCUT2D eigenvalue weighted by atomic mass is 10.1. The summed E-state index contributed by atoms with van der Waals surface area (Å²) in [5.74, 6) is 0.0520. The Bertz CT molecular complexity index is 680. The number of carbonyl (C=O) groups excluding carboxylic acids is 1. The van der Waals surface area contributed by atoms with Crippen LogP contribution in [-0.2, 0) is 18.3 Å². The molecule has 3 rings (SSSR count). The van der Waals surface area contributed by atoms with E-state index in [1.807, 2.05) is 18.2 Å². The molecule has 0 radical (unpaired) electrons. The van der Waals surface area contributed by atoms with Gasteiger partial charge in [-0.1, -0.05) is 6.07 Å². The van der Waals surface area contributed by atoms with E-state index >= 15 is 0 Å². The molecule has 1 fully saturated rings. The number of carbonyl (C=O) groups is 1. The molecule has 1 aromatic heterocycles. The molecule has 1 saturated carbocycles. The number of aromatic nitrogens is 1. The largest absolute Gasteiger partial charge is 0.419 e. The van der Waals surface area contributed by atoms with E-state index in [0.29, 0.717) is 12.1 Å². The van der Waals surface area contributed by atoms with Crippen molar-refractivity contribution in [3.8, 4) is 0 Å². The minimum atomic E-state index is -0.353. The molecule has 1 aromatic carbocycles. The molecule has 100 valence electrons. The first-order valence-corrected chi connectivity index (χ1v) is 6.51. The van der Waals surface area contributed by atoms with Crippen molar-refractivity contribution in [2.45, 2.75) is 19.3 Å². The van der Waals surface area contributed by atoms with Crippen LogP contribution in [0.15, 0.2) is 27.4 Å². The Labute approximate surface area is 110 Å². The van der Waals surface area contributed by atoms with Crippen LogP contribution in [0.5, 0.6) is 0 Å². The van der Waals surface area contributed by atoms with E-state index in [0.717, 1.165) is 30.3 Å². The summed E-state index contributed by atoms with van der Waals surface area (Å²) in [5.41, 5.74) is 2.44. The summed E-state index contributed by atoms with van der Waals surface area (Å²) in [6, 6.07) is 5.69. The molecule has 1 heterocycles. The van der Waals surface area contributed by atoms with Crippen LogP contribution in [0.1, 0.15) is 18.4 Å². The van der Waals surface area contributed by atoms with E-state index in [9.17, 15) is 9.59 Å². The molecule has 0 spiro atoms. The number of nitrogens with zero attached hydrogens (tertiary/aromatic N) is 1. The van der Waals surface area contributed by atoms with Crippen LogP contribution in [0.3, 0.4) is 0 Å². The van der Waals surface area contributed by atoms with Gasteiger partial charge < -0.3 is 9.73 Å². The third-order valence-corrected chi connectivity index (χ3v) is 3.52. The first kappa shape index (κ1) is 12.0. The smallest absolute Gasteiger partial charge is 0.408 e. The molecule has 0 aliphatic heterocycles. The minimum absolute atomic E-state index is 0.160. The Kier molecular flexibility index (Phi) is 2.89. The van der Waals surface area contributed by atoms with Gasteiger partial charge in [-0.25, -0.2) is 4.79 Å². The Morgan fingerprint density at radius 3 is 3.00 bits per heavy atom. The van der Waals surface area contributed by atoms with Crippen molar-refractivity contribution in [2.24, 2.45) is 13.0 Å². The summed E-state index contributed by atoms with van der Waals surface area (Å²) in [6.07, 6.45) is 2.78. The van der Waals surface area contributed by atoms with Gasteiger partial charge in [-0.15, -0.1) is 0 Å². The maximum atomic E-state index is 11.5. The maximum absolute atomic E-state index is 11.5. The van der Waals surface area contributed by atoms with Gasteiger partial charge in [-0.05, 0) is 37.0 Å². The number of aryl methyl sites for hydroxylation is 1. The lowest BCUT2D eigenvalue weighted by molar-refractivity contribution is -0.122. The Balaban J connectivity index is 1.67. The fraction of sp³-hybridized carbons (Fsp3) is 0.429. The second kappa shape index (κ2) is 4.57. The molecule has 0 atom stereocenters. The molecule has 0 unspecified atom stereocenters. The van der Waals surface area contributed by atoms with Gasteiger partial charge in [0.2, 0.25) is 5.91 Å². The van der Waals surface area contributed by atoms with Crippen molar-refractivity contribution in [1.29, 1.82) is 0 Å². The van der Waals surface area contributed by atoms with Crippen molar-refractivity contribution in [3.63, 3.8) is 0 Å². The van der Waals surface area contributed by atoms with Gasteiger partial charge >= 0.3 is 5.76 Å². The predicted octanol–water partition coefficient (Wildman–Crippen LogP) is 1.20. The molecule has 1 N–H and O–H groups in total. The number of oxazole rings is 1. The highest BCUT2D eigenvalue weighted by atomic mass is 16.4. The topological polar surface area (TPSA) is 64.2 Å². The van der Waals surface area contributed by atoms with Crippen molar-refractivity contribution in [2.75, 3.05) is 6.54 Å². The summed E-state index contributed by atoms with van der Waals surface area (Å²) < 4.78 is 6.62. The predicted molar refractivity (Wildman–Crippen MR) is 70.9 cm³/mol. The summed E-state index contributed by atoms with van der Waals surface area (Å²) in [4.78, 5) is 22.9. The van der Waals surface area contributed by atoms with E-state index in [1.165, 1.54) is 4.57 Å².